The van der Waals surface area contributed by atoms with Crippen LogP contribution in [0.15, 0.2) is 78.9 Å². The van der Waals surface area contributed by atoms with E-state index in [2.05, 4.69) is 10.6 Å². The number of hydrogen-bond acceptors (Lipinski definition) is 3. The Bertz CT molecular complexity index is 971. The maximum absolute atomic E-state index is 12.4. The van der Waals surface area contributed by atoms with Crippen LogP contribution in [0.25, 0.3) is 0 Å². The molecule has 0 fully saturated rings. The van der Waals surface area contributed by atoms with Gasteiger partial charge in [0.2, 0.25) is 12.0 Å². The van der Waals surface area contributed by atoms with E-state index < -0.39 is 6.10 Å². The summed E-state index contributed by atoms with van der Waals surface area (Å²) in [4.78, 5) is 24.6. The molecule has 5 nitrogen and oxygen atoms in total. The number of amides is 2. The van der Waals surface area contributed by atoms with Gasteiger partial charge < -0.3 is 15.4 Å². The molecule has 2 N–H and O–H groups in total. The summed E-state index contributed by atoms with van der Waals surface area (Å²) in [5, 5.41) is 5.71. The van der Waals surface area contributed by atoms with Crippen molar-refractivity contribution in [2.24, 2.45) is 0 Å². The molecule has 0 aliphatic carbocycles. The lowest BCUT2D eigenvalue weighted by Gasteiger charge is -2.26. The second-order valence-corrected chi connectivity index (χ2v) is 6.32. The average Bonchev–Trinajstić information content (AvgIpc) is 2.69. The SMILES string of the molecule is O=C(Cc1ccccc1)Nc1ccc2c(c1)NC(=O)C(c1ccccc1)O2. The summed E-state index contributed by atoms with van der Waals surface area (Å²) in [5.74, 6) is 0.220. The standard InChI is InChI=1S/C22H18N2O3/c25-20(13-15-7-3-1-4-8-15)23-17-11-12-19-18(14-17)24-22(26)21(27-19)16-9-5-2-6-10-16/h1-12,14,21H,13H2,(H,23,25)(H,24,26). The Morgan fingerprint density at radius 3 is 2.41 bits per heavy atom. The van der Waals surface area contributed by atoms with Crippen LogP contribution in [0, 0.1) is 0 Å². The summed E-state index contributed by atoms with van der Waals surface area (Å²) >= 11 is 0. The molecule has 0 radical (unpaired) electrons. The number of ether oxygens (including phenoxy) is 1. The second kappa shape index (κ2) is 7.33. The molecular weight excluding hydrogens is 340 g/mol. The molecule has 0 saturated carbocycles. The number of hydrogen-bond donors (Lipinski definition) is 2. The number of benzene rings is 3. The van der Waals surface area contributed by atoms with Crippen LogP contribution in [0.1, 0.15) is 17.2 Å². The third kappa shape index (κ3) is 3.82. The zero-order valence-corrected chi connectivity index (χ0v) is 14.5. The number of carbonyl (C=O) groups is 2. The van der Waals surface area contributed by atoms with Crippen molar-refractivity contribution in [1.29, 1.82) is 0 Å². The molecule has 3 aromatic carbocycles. The quantitative estimate of drug-likeness (QED) is 0.742. The average molecular weight is 358 g/mol. The Morgan fingerprint density at radius 1 is 0.963 bits per heavy atom. The van der Waals surface area contributed by atoms with Gasteiger partial charge in [-0.3, -0.25) is 9.59 Å². The minimum Gasteiger partial charge on any atom is -0.474 e. The van der Waals surface area contributed by atoms with Gasteiger partial charge in [0.05, 0.1) is 12.1 Å². The fourth-order valence-electron chi connectivity index (χ4n) is 3.02. The van der Waals surface area contributed by atoms with Gasteiger partial charge in [-0.1, -0.05) is 60.7 Å². The molecule has 1 aliphatic heterocycles. The first kappa shape index (κ1) is 16.8. The number of nitrogens with one attached hydrogen (secondary N) is 2. The van der Waals surface area contributed by atoms with Gasteiger partial charge in [-0.05, 0) is 23.8 Å². The molecule has 1 atom stereocenters. The zero-order chi connectivity index (χ0) is 18.6. The Balaban J connectivity index is 1.47. The van der Waals surface area contributed by atoms with Crippen molar-refractivity contribution in [3.8, 4) is 5.75 Å². The second-order valence-electron chi connectivity index (χ2n) is 6.32. The first-order chi connectivity index (χ1) is 13.2. The molecule has 4 rings (SSSR count). The van der Waals surface area contributed by atoms with Gasteiger partial charge in [0.25, 0.3) is 5.91 Å². The minimum atomic E-state index is -0.683. The van der Waals surface area contributed by atoms with E-state index in [4.69, 9.17) is 4.74 Å². The maximum Gasteiger partial charge on any atom is 0.270 e. The fourth-order valence-corrected chi connectivity index (χ4v) is 3.02. The van der Waals surface area contributed by atoms with Gasteiger partial charge in [-0.25, -0.2) is 0 Å². The molecule has 1 aliphatic rings. The van der Waals surface area contributed by atoms with Crippen LogP contribution in [0.4, 0.5) is 11.4 Å². The predicted octanol–water partition coefficient (Wildman–Crippen LogP) is 3.94. The summed E-state index contributed by atoms with van der Waals surface area (Å²) in [6.07, 6.45) is -0.395. The van der Waals surface area contributed by atoms with Crippen LogP contribution < -0.4 is 15.4 Å². The van der Waals surface area contributed by atoms with Crippen molar-refractivity contribution < 1.29 is 14.3 Å². The van der Waals surface area contributed by atoms with Gasteiger partial charge in [0.15, 0.2) is 0 Å². The zero-order valence-electron chi connectivity index (χ0n) is 14.5. The van der Waals surface area contributed by atoms with E-state index in [1.54, 1.807) is 18.2 Å². The highest BCUT2D eigenvalue weighted by Gasteiger charge is 2.29. The molecule has 0 bridgehead atoms. The predicted molar refractivity (Wildman–Crippen MR) is 104 cm³/mol. The highest BCUT2D eigenvalue weighted by atomic mass is 16.5. The highest BCUT2D eigenvalue weighted by molar-refractivity contribution is 6.00. The maximum atomic E-state index is 12.4. The van der Waals surface area contributed by atoms with E-state index in [1.165, 1.54) is 0 Å². The van der Waals surface area contributed by atoms with Crippen molar-refractivity contribution in [3.05, 3.63) is 90.0 Å². The molecule has 0 aromatic heterocycles. The largest absolute Gasteiger partial charge is 0.474 e. The molecule has 5 heteroatoms. The molecule has 3 aromatic rings. The lowest BCUT2D eigenvalue weighted by atomic mass is 10.1. The molecule has 1 heterocycles. The van der Waals surface area contributed by atoms with Crippen molar-refractivity contribution in [2.75, 3.05) is 10.6 Å². The van der Waals surface area contributed by atoms with E-state index in [9.17, 15) is 9.59 Å². The molecule has 1 unspecified atom stereocenters. The van der Waals surface area contributed by atoms with Crippen molar-refractivity contribution >= 4 is 23.2 Å². The lowest BCUT2D eigenvalue weighted by molar-refractivity contribution is -0.123. The summed E-state index contributed by atoms with van der Waals surface area (Å²) in [7, 11) is 0. The van der Waals surface area contributed by atoms with Crippen molar-refractivity contribution in [2.45, 2.75) is 12.5 Å². The lowest BCUT2D eigenvalue weighted by Crippen LogP contribution is -2.30. The van der Waals surface area contributed by atoms with Gasteiger partial charge in [0.1, 0.15) is 5.75 Å². The number of anilines is 2. The van der Waals surface area contributed by atoms with Crippen LogP contribution in [0.5, 0.6) is 5.75 Å². The number of rotatable bonds is 4. The Morgan fingerprint density at radius 2 is 1.67 bits per heavy atom. The smallest absolute Gasteiger partial charge is 0.270 e. The van der Waals surface area contributed by atoms with Gasteiger partial charge >= 0.3 is 0 Å². The highest BCUT2D eigenvalue weighted by Crippen LogP contribution is 2.36. The van der Waals surface area contributed by atoms with Crippen molar-refractivity contribution in [3.63, 3.8) is 0 Å². The first-order valence-corrected chi connectivity index (χ1v) is 8.69. The Kier molecular flexibility index (Phi) is 4.58. The molecule has 2 amide bonds. The topological polar surface area (TPSA) is 67.4 Å². The minimum absolute atomic E-state index is 0.119. The summed E-state index contributed by atoms with van der Waals surface area (Å²) in [6, 6.07) is 24.1. The summed E-state index contributed by atoms with van der Waals surface area (Å²) < 4.78 is 5.86. The Hall–Kier alpha value is -3.60. The monoisotopic (exact) mass is 358 g/mol. The van der Waals surface area contributed by atoms with E-state index in [1.807, 2.05) is 60.7 Å². The van der Waals surface area contributed by atoms with Crippen LogP contribution >= 0.6 is 0 Å². The van der Waals surface area contributed by atoms with Crippen LogP contribution in [0.2, 0.25) is 0 Å². The number of carbonyl (C=O) groups excluding carboxylic acids is 2. The fraction of sp³-hybridized carbons (Fsp3) is 0.0909. The molecule has 0 saturated heterocycles. The third-order valence-electron chi connectivity index (χ3n) is 4.31. The molecule has 27 heavy (non-hydrogen) atoms. The van der Waals surface area contributed by atoms with Gasteiger partial charge in [-0.15, -0.1) is 0 Å². The van der Waals surface area contributed by atoms with Crippen molar-refractivity contribution in [1.82, 2.24) is 0 Å². The van der Waals surface area contributed by atoms with Crippen LogP contribution in [-0.4, -0.2) is 11.8 Å². The third-order valence-corrected chi connectivity index (χ3v) is 4.31. The molecular formula is C22H18N2O3. The summed E-state index contributed by atoms with van der Waals surface area (Å²) in [6.45, 7) is 0. The van der Waals surface area contributed by atoms with Gasteiger partial charge in [0, 0.05) is 11.3 Å². The number of fused-ring (bicyclic) bond motifs is 1. The summed E-state index contributed by atoms with van der Waals surface area (Å²) in [5.41, 5.74) is 2.89. The van der Waals surface area contributed by atoms with E-state index in [0.29, 0.717) is 17.1 Å². The molecule has 0 spiro atoms. The van der Waals surface area contributed by atoms with Gasteiger partial charge in [-0.2, -0.15) is 0 Å². The first-order valence-electron chi connectivity index (χ1n) is 8.69. The van der Waals surface area contributed by atoms with Crippen LogP contribution in [-0.2, 0) is 16.0 Å². The van der Waals surface area contributed by atoms with E-state index >= 15 is 0 Å². The van der Waals surface area contributed by atoms with E-state index in [-0.39, 0.29) is 18.2 Å². The normalized spacial score (nSPS) is 15.3. The van der Waals surface area contributed by atoms with Crippen LogP contribution in [0.3, 0.4) is 0 Å². The van der Waals surface area contributed by atoms with E-state index in [0.717, 1.165) is 11.1 Å². The Labute approximate surface area is 157 Å². The molecule has 134 valence electrons.